The van der Waals surface area contributed by atoms with Crippen LogP contribution in [0.15, 0.2) is 12.7 Å². The van der Waals surface area contributed by atoms with Gasteiger partial charge < -0.3 is 0 Å². The topological polar surface area (TPSA) is 43.4 Å². The fraction of sp³-hybridized carbons (Fsp3) is 0.636. The Bertz CT molecular complexity index is 319. The molecule has 0 saturated heterocycles. The van der Waals surface area contributed by atoms with E-state index in [0.29, 0.717) is 12.8 Å². The molecule has 0 atom stereocenters. The summed E-state index contributed by atoms with van der Waals surface area (Å²) in [6, 6.07) is 0. The minimum atomic E-state index is -3.29. The molecule has 0 aromatic rings. The van der Waals surface area contributed by atoms with E-state index < -0.39 is 10.1 Å². The molecule has 0 aromatic carbocycles. The highest BCUT2D eigenvalue weighted by Crippen LogP contribution is 1.95. The van der Waals surface area contributed by atoms with Crippen molar-refractivity contribution >= 4 is 10.1 Å². The van der Waals surface area contributed by atoms with E-state index in [-0.39, 0.29) is 6.61 Å². The first-order valence-electron chi connectivity index (χ1n) is 4.97. The lowest BCUT2D eigenvalue weighted by Gasteiger charge is -1.96. The maximum atomic E-state index is 10.6. The minimum absolute atomic E-state index is 0.222. The zero-order chi connectivity index (χ0) is 11.6. The SMILES string of the molecule is C=CCCCC#CCCCOS(C)(=O)=O. The Balaban J connectivity index is 3.34. The second-order valence-corrected chi connectivity index (χ2v) is 4.81. The van der Waals surface area contributed by atoms with Gasteiger partial charge in [-0.3, -0.25) is 4.18 Å². The lowest BCUT2D eigenvalue weighted by molar-refractivity contribution is 0.317. The molecule has 0 unspecified atom stereocenters. The molecular weight excluding hydrogens is 212 g/mol. The largest absolute Gasteiger partial charge is 0.270 e. The van der Waals surface area contributed by atoms with Crippen LogP contribution >= 0.6 is 0 Å². The van der Waals surface area contributed by atoms with E-state index >= 15 is 0 Å². The van der Waals surface area contributed by atoms with E-state index in [2.05, 4.69) is 22.6 Å². The van der Waals surface area contributed by atoms with Crippen molar-refractivity contribution in [3.05, 3.63) is 12.7 Å². The summed E-state index contributed by atoms with van der Waals surface area (Å²) in [6.07, 6.45) is 7.17. The van der Waals surface area contributed by atoms with Gasteiger partial charge in [0.25, 0.3) is 10.1 Å². The van der Waals surface area contributed by atoms with Gasteiger partial charge >= 0.3 is 0 Å². The van der Waals surface area contributed by atoms with Crippen LogP contribution in [-0.2, 0) is 14.3 Å². The summed E-state index contributed by atoms with van der Waals surface area (Å²) in [5.74, 6) is 5.99. The van der Waals surface area contributed by atoms with Gasteiger partial charge in [0, 0.05) is 12.8 Å². The Hall–Kier alpha value is -0.790. The number of hydrogen-bond acceptors (Lipinski definition) is 3. The molecule has 0 spiro atoms. The fourth-order valence-electron chi connectivity index (χ4n) is 0.882. The van der Waals surface area contributed by atoms with E-state index in [4.69, 9.17) is 0 Å². The van der Waals surface area contributed by atoms with Crippen LogP contribution in [0.25, 0.3) is 0 Å². The third-order valence-corrected chi connectivity index (χ3v) is 2.17. The first kappa shape index (κ1) is 14.2. The number of unbranched alkanes of at least 4 members (excludes halogenated alkanes) is 3. The Morgan fingerprint density at radius 3 is 2.40 bits per heavy atom. The van der Waals surface area contributed by atoms with Gasteiger partial charge in [-0.2, -0.15) is 8.42 Å². The summed E-state index contributed by atoms with van der Waals surface area (Å²) < 4.78 is 25.7. The van der Waals surface area contributed by atoms with Gasteiger partial charge in [-0.1, -0.05) is 6.08 Å². The molecule has 0 rings (SSSR count). The molecule has 15 heavy (non-hydrogen) atoms. The molecule has 0 fully saturated rings. The second kappa shape index (κ2) is 8.51. The predicted octanol–water partition coefficient (Wildman–Crippen LogP) is 2.10. The summed E-state index contributed by atoms with van der Waals surface area (Å²) in [4.78, 5) is 0. The molecule has 4 heteroatoms. The standard InChI is InChI=1S/C11H18O3S/c1-3-4-5-6-7-8-9-10-11-14-15(2,12)13/h3H,1,4-6,9-11H2,2H3. The highest BCUT2D eigenvalue weighted by atomic mass is 32.2. The molecule has 0 saturated carbocycles. The summed E-state index contributed by atoms with van der Waals surface area (Å²) in [7, 11) is -3.29. The molecule has 0 aromatic heterocycles. The fourth-order valence-corrected chi connectivity index (χ4v) is 1.30. The lowest BCUT2D eigenvalue weighted by atomic mass is 10.2. The van der Waals surface area contributed by atoms with Crippen LogP contribution in [0.1, 0.15) is 32.1 Å². The average molecular weight is 230 g/mol. The highest BCUT2D eigenvalue weighted by molar-refractivity contribution is 7.85. The second-order valence-electron chi connectivity index (χ2n) is 3.16. The van der Waals surface area contributed by atoms with E-state index in [9.17, 15) is 8.42 Å². The van der Waals surface area contributed by atoms with E-state index in [1.54, 1.807) is 0 Å². The van der Waals surface area contributed by atoms with Crippen molar-refractivity contribution in [2.45, 2.75) is 32.1 Å². The number of hydrogen-bond donors (Lipinski definition) is 0. The van der Waals surface area contributed by atoms with E-state index in [0.717, 1.165) is 25.5 Å². The third-order valence-electron chi connectivity index (χ3n) is 1.58. The van der Waals surface area contributed by atoms with Gasteiger partial charge in [-0.05, 0) is 19.3 Å². The number of rotatable bonds is 7. The first-order chi connectivity index (χ1) is 7.06. The molecule has 0 aliphatic carbocycles. The molecule has 0 aliphatic rings. The van der Waals surface area contributed by atoms with Gasteiger partial charge in [0.1, 0.15) is 0 Å². The van der Waals surface area contributed by atoms with Crippen molar-refractivity contribution < 1.29 is 12.6 Å². The van der Waals surface area contributed by atoms with Crippen LogP contribution in [0.3, 0.4) is 0 Å². The van der Waals surface area contributed by atoms with Gasteiger partial charge in [0.15, 0.2) is 0 Å². The molecule has 0 bridgehead atoms. The molecular formula is C11H18O3S. The molecule has 0 N–H and O–H groups in total. The molecule has 0 aliphatic heterocycles. The smallest absolute Gasteiger partial charge is 0.264 e. The van der Waals surface area contributed by atoms with Crippen LogP contribution in [0, 0.1) is 11.8 Å². The maximum Gasteiger partial charge on any atom is 0.264 e. The zero-order valence-electron chi connectivity index (χ0n) is 9.16. The predicted molar refractivity (Wildman–Crippen MR) is 61.9 cm³/mol. The van der Waals surface area contributed by atoms with Crippen LogP contribution in [0.4, 0.5) is 0 Å². The number of allylic oxidation sites excluding steroid dienone is 1. The Kier molecular flexibility index (Phi) is 8.06. The third kappa shape index (κ3) is 13.2. The summed E-state index contributed by atoms with van der Waals surface area (Å²) in [5, 5.41) is 0. The summed E-state index contributed by atoms with van der Waals surface area (Å²) in [5.41, 5.74) is 0. The molecule has 3 nitrogen and oxygen atoms in total. The van der Waals surface area contributed by atoms with Crippen molar-refractivity contribution in [3.8, 4) is 11.8 Å². The Morgan fingerprint density at radius 2 is 1.87 bits per heavy atom. The molecule has 86 valence electrons. The van der Waals surface area contributed by atoms with E-state index in [1.807, 2.05) is 6.08 Å². The maximum absolute atomic E-state index is 10.6. The highest BCUT2D eigenvalue weighted by Gasteiger charge is 1.98. The molecule has 0 heterocycles. The van der Waals surface area contributed by atoms with Crippen molar-refractivity contribution in [2.75, 3.05) is 12.9 Å². The van der Waals surface area contributed by atoms with Gasteiger partial charge in [0.05, 0.1) is 12.9 Å². The monoisotopic (exact) mass is 230 g/mol. The Labute approximate surface area is 92.6 Å². The lowest BCUT2D eigenvalue weighted by Crippen LogP contribution is -2.03. The van der Waals surface area contributed by atoms with Crippen LogP contribution < -0.4 is 0 Å². The minimum Gasteiger partial charge on any atom is -0.270 e. The van der Waals surface area contributed by atoms with Crippen LogP contribution in [-0.4, -0.2) is 21.3 Å². The van der Waals surface area contributed by atoms with Crippen molar-refractivity contribution in [2.24, 2.45) is 0 Å². The average Bonchev–Trinajstić information content (AvgIpc) is 2.14. The summed E-state index contributed by atoms with van der Waals surface area (Å²) in [6.45, 7) is 3.84. The van der Waals surface area contributed by atoms with E-state index in [1.165, 1.54) is 0 Å². The molecule has 0 amide bonds. The van der Waals surface area contributed by atoms with Crippen molar-refractivity contribution in [1.29, 1.82) is 0 Å². The van der Waals surface area contributed by atoms with Crippen molar-refractivity contribution in [1.82, 2.24) is 0 Å². The quantitative estimate of drug-likeness (QED) is 0.291. The van der Waals surface area contributed by atoms with Crippen molar-refractivity contribution in [3.63, 3.8) is 0 Å². The molecule has 0 radical (unpaired) electrons. The summed E-state index contributed by atoms with van der Waals surface area (Å²) >= 11 is 0. The van der Waals surface area contributed by atoms with Crippen LogP contribution in [0.5, 0.6) is 0 Å². The van der Waals surface area contributed by atoms with Gasteiger partial charge in [-0.15, -0.1) is 18.4 Å². The Morgan fingerprint density at radius 1 is 1.27 bits per heavy atom. The van der Waals surface area contributed by atoms with Gasteiger partial charge in [-0.25, -0.2) is 0 Å². The van der Waals surface area contributed by atoms with Crippen LogP contribution in [0.2, 0.25) is 0 Å². The zero-order valence-corrected chi connectivity index (χ0v) is 9.98. The normalized spacial score (nSPS) is 10.5. The first-order valence-corrected chi connectivity index (χ1v) is 6.79. The van der Waals surface area contributed by atoms with Gasteiger partial charge in [0.2, 0.25) is 0 Å².